The average Bonchev–Trinajstić information content (AvgIpc) is 2.88. The summed E-state index contributed by atoms with van der Waals surface area (Å²) in [7, 11) is 0. The lowest BCUT2D eigenvalue weighted by Crippen LogP contribution is -2.31. The van der Waals surface area contributed by atoms with Gasteiger partial charge in [-0.15, -0.1) is 0 Å². The fourth-order valence-corrected chi connectivity index (χ4v) is 3.39. The summed E-state index contributed by atoms with van der Waals surface area (Å²) in [5.74, 6) is 5.42. The maximum atomic E-state index is 5.42. The number of nitrogens with zero attached hydrogens (tertiary/aromatic N) is 2. The third kappa shape index (κ3) is 2.94. The molecular weight excluding hydrogens is 256 g/mol. The van der Waals surface area contributed by atoms with Crippen molar-refractivity contribution < 1.29 is 0 Å². The summed E-state index contributed by atoms with van der Waals surface area (Å²) < 4.78 is 0. The molecule has 0 saturated heterocycles. The molecule has 100 valence electrons. The summed E-state index contributed by atoms with van der Waals surface area (Å²) in [6.45, 7) is 3.20. The number of rotatable bonds is 4. The molecular formula is C14H18N4S. The maximum absolute atomic E-state index is 5.42. The van der Waals surface area contributed by atoms with Crippen molar-refractivity contribution in [1.82, 2.24) is 9.88 Å². The van der Waals surface area contributed by atoms with Crippen LogP contribution in [0.4, 0.5) is 5.13 Å². The van der Waals surface area contributed by atoms with Gasteiger partial charge in [0.25, 0.3) is 0 Å². The Morgan fingerprint density at radius 1 is 1.32 bits per heavy atom. The highest BCUT2D eigenvalue weighted by Gasteiger charge is 2.20. The maximum Gasteiger partial charge on any atom is 0.197 e. The molecule has 19 heavy (non-hydrogen) atoms. The summed E-state index contributed by atoms with van der Waals surface area (Å²) in [6.07, 6.45) is 2.14. The van der Waals surface area contributed by atoms with Gasteiger partial charge in [-0.2, -0.15) is 0 Å². The summed E-state index contributed by atoms with van der Waals surface area (Å²) >= 11 is 1.67. The van der Waals surface area contributed by atoms with Crippen molar-refractivity contribution in [3.8, 4) is 0 Å². The van der Waals surface area contributed by atoms with Gasteiger partial charge in [-0.3, -0.25) is 10.3 Å². The van der Waals surface area contributed by atoms with Crippen molar-refractivity contribution in [2.45, 2.75) is 19.4 Å². The highest BCUT2D eigenvalue weighted by atomic mass is 32.1. The molecule has 2 aromatic rings. The third-order valence-corrected chi connectivity index (χ3v) is 4.51. The smallest absolute Gasteiger partial charge is 0.197 e. The Labute approximate surface area is 117 Å². The molecule has 1 aliphatic rings. The quantitative estimate of drug-likeness (QED) is 0.661. The first-order valence-electron chi connectivity index (χ1n) is 6.56. The molecule has 3 N–H and O–H groups in total. The molecule has 0 saturated carbocycles. The number of nitrogens with one attached hydrogen (secondary N) is 1. The largest absolute Gasteiger partial charge is 0.300 e. The van der Waals surface area contributed by atoms with Crippen LogP contribution in [0.1, 0.15) is 16.1 Å². The Hall–Kier alpha value is -1.43. The van der Waals surface area contributed by atoms with Gasteiger partial charge in [0, 0.05) is 30.9 Å². The first-order chi connectivity index (χ1) is 9.35. The van der Waals surface area contributed by atoms with Crippen LogP contribution >= 0.6 is 11.3 Å². The molecule has 0 bridgehead atoms. The second-order valence-electron chi connectivity index (χ2n) is 4.79. The number of benzene rings is 1. The van der Waals surface area contributed by atoms with Crippen LogP contribution in [0, 0.1) is 0 Å². The van der Waals surface area contributed by atoms with Crippen LogP contribution in [0.5, 0.6) is 0 Å². The van der Waals surface area contributed by atoms with Crippen LogP contribution in [0.2, 0.25) is 0 Å². The van der Waals surface area contributed by atoms with E-state index >= 15 is 0 Å². The van der Waals surface area contributed by atoms with Crippen LogP contribution < -0.4 is 11.3 Å². The summed E-state index contributed by atoms with van der Waals surface area (Å²) in [5, 5.41) is 0.829. The number of nitrogens with two attached hydrogens (primary N) is 1. The van der Waals surface area contributed by atoms with Gasteiger partial charge >= 0.3 is 0 Å². The minimum absolute atomic E-state index is 0.829. The highest BCUT2D eigenvalue weighted by Crippen LogP contribution is 2.27. The molecule has 0 atom stereocenters. The second kappa shape index (κ2) is 5.69. The Kier molecular flexibility index (Phi) is 3.77. The minimum atomic E-state index is 0.829. The molecule has 0 unspecified atom stereocenters. The zero-order chi connectivity index (χ0) is 13.1. The number of anilines is 1. The van der Waals surface area contributed by atoms with E-state index in [0.29, 0.717) is 0 Å². The normalized spacial score (nSPS) is 15.2. The van der Waals surface area contributed by atoms with Crippen LogP contribution in [0.25, 0.3) is 0 Å². The summed E-state index contributed by atoms with van der Waals surface area (Å²) in [6, 6.07) is 10.7. The highest BCUT2D eigenvalue weighted by molar-refractivity contribution is 7.15. The van der Waals surface area contributed by atoms with Crippen molar-refractivity contribution in [1.29, 1.82) is 0 Å². The number of aromatic nitrogens is 1. The molecule has 1 aromatic carbocycles. The molecule has 5 heteroatoms. The lowest BCUT2D eigenvalue weighted by Gasteiger charge is -2.25. The molecule has 0 radical (unpaired) electrons. The number of nitrogen functional groups attached to an aromatic ring is 1. The number of hydrogen-bond acceptors (Lipinski definition) is 5. The zero-order valence-corrected chi connectivity index (χ0v) is 11.6. The molecule has 0 spiro atoms. The van der Waals surface area contributed by atoms with E-state index in [2.05, 4.69) is 45.6 Å². The fraction of sp³-hybridized carbons (Fsp3) is 0.357. The van der Waals surface area contributed by atoms with E-state index in [-0.39, 0.29) is 0 Å². The summed E-state index contributed by atoms with van der Waals surface area (Å²) in [5.41, 5.74) is 5.27. The van der Waals surface area contributed by atoms with Crippen LogP contribution in [-0.4, -0.2) is 23.0 Å². The monoisotopic (exact) mass is 274 g/mol. The number of thiazole rings is 1. The Balaban J connectivity index is 1.59. The molecule has 1 aromatic heterocycles. The van der Waals surface area contributed by atoms with Gasteiger partial charge in [-0.25, -0.2) is 10.8 Å². The van der Waals surface area contributed by atoms with Crippen molar-refractivity contribution in [3.05, 3.63) is 46.5 Å². The molecule has 4 nitrogen and oxygen atoms in total. The summed E-state index contributed by atoms with van der Waals surface area (Å²) in [4.78, 5) is 8.33. The van der Waals surface area contributed by atoms with Gasteiger partial charge in [0.15, 0.2) is 5.13 Å². The number of hydrazine groups is 1. The van der Waals surface area contributed by atoms with Crippen molar-refractivity contribution >= 4 is 16.5 Å². The fourth-order valence-electron chi connectivity index (χ4n) is 2.43. The minimum Gasteiger partial charge on any atom is -0.300 e. The Bertz CT molecular complexity index is 538. The lowest BCUT2D eigenvalue weighted by atomic mass is 10.1. The van der Waals surface area contributed by atoms with E-state index in [1.807, 2.05) is 0 Å². The van der Waals surface area contributed by atoms with Gasteiger partial charge in [-0.1, -0.05) is 41.7 Å². The van der Waals surface area contributed by atoms with Gasteiger partial charge in [0.2, 0.25) is 0 Å². The van der Waals surface area contributed by atoms with Gasteiger partial charge in [0.1, 0.15) is 0 Å². The van der Waals surface area contributed by atoms with Crippen molar-refractivity contribution in [2.75, 3.05) is 18.5 Å². The van der Waals surface area contributed by atoms with E-state index in [1.54, 1.807) is 11.3 Å². The van der Waals surface area contributed by atoms with Crippen LogP contribution in [0.15, 0.2) is 30.3 Å². The first kappa shape index (κ1) is 12.6. The van der Waals surface area contributed by atoms with Crippen LogP contribution in [-0.2, 0) is 19.4 Å². The van der Waals surface area contributed by atoms with E-state index in [9.17, 15) is 0 Å². The Morgan fingerprint density at radius 2 is 2.16 bits per heavy atom. The third-order valence-electron chi connectivity index (χ3n) is 3.49. The van der Waals surface area contributed by atoms with Gasteiger partial charge in [0.05, 0.1) is 5.69 Å². The van der Waals surface area contributed by atoms with Gasteiger partial charge < -0.3 is 0 Å². The van der Waals surface area contributed by atoms with Crippen LogP contribution in [0.3, 0.4) is 0 Å². The van der Waals surface area contributed by atoms with E-state index in [4.69, 9.17) is 5.84 Å². The topological polar surface area (TPSA) is 54.2 Å². The molecule has 1 aliphatic heterocycles. The second-order valence-corrected chi connectivity index (χ2v) is 5.88. The Morgan fingerprint density at radius 3 is 2.95 bits per heavy atom. The van der Waals surface area contributed by atoms with Crippen molar-refractivity contribution in [3.63, 3.8) is 0 Å². The molecule has 0 amide bonds. The zero-order valence-electron chi connectivity index (χ0n) is 10.8. The molecule has 3 rings (SSSR count). The molecule has 2 heterocycles. The number of fused-ring (bicyclic) bond motifs is 1. The lowest BCUT2D eigenvalue weighted by molar-refractivity contribution is 0.259. The SMILES string of the molecule is NNc1nc2c(s1)CN(CCc1ccccc1)CC2. The van der Waals surface area contributed by atoms with E-state index in [1.165, 1.54) is 16.1 Å². The first-order valence-corrected chi connectivity index (χ1v) is 7.38. The molecule has 0 aliphatic carbocycles. The van der Waals surface area contributed by atoms with E-state index < -0.39 is 0 Å². The standard InChI is InChI=1S/C14H18N4S/c15-17-14-16-12-7-9-18(10-13(12)19-14)8-6-11-4-2-1-3-5-11/h1-5H,6-10,15H2,(H,16,17). The molecule has 0 fully saturated rings. The predicted molar refractivity (Wildman–Crippen MR) is 79.1 cm³/mol. The van der Waals surface area contributed by atoms with Crippen molar-refractivity contribution in [2.24, 2.45) is 5.84 Å². The number of hydrogen-bond donors (Lipinski definition) is 2. The predicted octanol–water partition coefficient (Wildman–Crippen LogP) is 2.03. The average molecular weight is 274 g/mol. The van der Waals surface area contributed by atoms with Gasteiger partial charge in [-0.05, 0) is 12.0 Å². The van der Waals surface area contributed by atoms with E-state index in [0.717, 1.165) is 37.6 Å².